The van der Waals surface area contributed by atoms with Crippen molar-refractivity contribution in [3.8, 4) is 0 Å². The number of carbonyl (C=O) groups excluding carboxylic acids is 4. The van der Waals surface area contributed by atoms with Gasteiger partial charge in [0.2, 0.25) is 23.6 Å². The molecule has 37 heavy (non-hydrogen) atoms. The average Bonchev–Trinajstić information content (AvgIpc) is 2.80. The zero-order chi connectivity index (χ0) is 28.5. The molecule has 0 aromatic rings. The van der Waals surface area contributed by atoms with E-state index in [1.54, 1.807) is 6.26 Å². The number of carboxylic acid groups (broad SMARTS) is 2. The molecule has 4 unspecified atom stereocenters. The molecule has 0 aliphatic heterocycles. The Kier molecular flexibility index (Phi) is 16.0. The number of carbonyl (C=O) groups is 6. The van der Waals surface area contributed by atoms with Crippen molar-refractivity contribution < 1.29 is 39.0 Å². The summed E-state index contributed by atoms with van der Waals surface area (Å²) in [6, 6.07) is -5.35. The van der Waals surface area contributed by atoms with Crippen LogP contribution in [0, 0.1) is 0 Å². The van der Waals surface area contributed by atoms with E-state index in [-0.39, 0.29) is 38.2 Å². The van der Waals surface area contributed by atoms with Crippen molar-refractivity contribution in [1.29, 1.82) is 0 Å². The highest BCUT2D eigenvalue weighted by Gasteiger charge is 2.31. The first kappa shape index (κ1) is 33.4. The lowest BCUT2D eigenvalue weighted by Crippen LogP contribution is -2.57. The Hall–Kier alpha value is -3.60. The summed E-state index contributed by atoms with van der Waals surface area (Å²) < 4.78 is 0. The number of hydrogen-bond acceptors (Lipinski definition) is 9. The van der Waals surface area contributed by atoms with E-state index in [0.717, 1.165) is 0 Å². The topological polar surface area (TPSA) is 295 Å². The molecule has 0 spiro atoms. The van der Waals surface area contributed by atoms with Crippen LogP contribution in [0.25, 0.3) is 0 Å². The standard InChI is InChI=1S/C20H36N8O8S/c1-37-8-6-11(26-16(32)10(21)3-2-7-25-20(23)24)17(33)28-13(9-15(30)31)18(34)27-12(19(35)36)4-5-14(22)29/h10-13H,2-9,21H2,1H3,(H2,22,29)(H,26,32)(H,27,34)(H,28,33)(H,30,31)(H,35,36)(H4,23,24,25). The molecule has 0 heterocycles. The normalized spacial score (nSPS) is 13.8. The zero-order valence-electron chi connectivity index (χ0n) is 20.5. The van der Waals surface area contributed by atoms with Crippen molar-refractivity contribution in [2.24, 2.45) is 27.9 Å². The number of thioether (sulfide) groups is 1. The maximum absolute atomic E-state index is 12.9. The molecule has 0 aliphatic carbocycles. The molecule has 4 atom stereocenters. The van der Waals surface area contributed by atoms with Crippen LogP contribution in [-0.2, 0) is 28.8 Å². The lowest BCUT2D eigenvalue weighted by atomic mass is 10.1. The van der Waals surface area contributed by atoms with E-state index >= 15 is 0 Å². The molecular weight excluding hydrogens is 512 g/mol. The molecule has 0 aliphatic rings. The van der Waals surface area contributed by atoms with Gasteiger partial charge in [0.15, 0.2) is 5.96 Å². The van der Waals surface area contributed by atoms with Crippen LogP contribution >= 0.6 is 11.8 Å². The second-order valence-electron chi connectivity index (χ2n) is 7.96. The fraction of sp³-hybridized carbons (Fsp3) is 0.650. The van der Waals surface area contributed by atoms with Crippen LogP contribution < -0.4 is 38.9 Å². The number of carboxylic acids is 2. The number of rotatable bonds is 19. The molecule has 0 rings (SSSR count). The van der Waals surface area contributed by atoms with Gasteiger partial charge in [0.25, 0.3) is 0 Å². The van der Waals surface area contributed by atoms with Crippen molar-refractivity contribution in [3.05, 3.63) is 0 Å². The average molecular weight is 549 g/mol. The summed E-state index contributed by atoms with van der Waals surface area (Å²) in [6.45, 7) is 0.252. The highest BCUT2D eigenvalue weighted by Crippen LogP contribution is 2.06. The minimum atomic E-state index is -1.66. The summed E-state index contributed by atoms with van der Waals surface area (Å²) in [6.07, 6.45) is 0.968. The van der Waals surface area contributed by atoms with Gasteiger partial charge in [0.05, 0.1) is 12.5 Å². The SMILES string of the molecule is CSCCC(NC(=O)C(N)CCCN=C(N)N)C(=O)NC(CC(=O)O)C(=O)NC(CCC(N)=O)C(=O)O. The molecule has 0 bridgehead atoms. The minimum Gasteiger partial charge on any atom is -0.481 e. The van der Waals surface area contributed by atoms with Crippen molar-refractivity contribution in [2.45, 2.75) is 62.7 Å². The fourth-order valence-corrected chi connectivity index (χ4v) is 3.38. The number of nitrogens with zero attached hydrogens (tertiary/aromatic N) is 1. The van der Waals surface area contributed by atoms with Crippen LogP contribution in [0.2, 0.25) is 0 Å². The first-order chi connectivity index (χ1) is 17.3. The lowest BCUT2D eigenvalue weighted by Gasteiger charge is -2.24. The smallest absolute Gasteiger partial charge is 0.326 e. The van der Waals surface area contributed by atoms with Crippen LogP contribution in [-0.4, -0.2) is 94.5 Å². The van der Waals surface area contributed by atoms with Crippen molar-refractivity contribution in [1.82, 2.24) is 16.0 Å². The highest BCUT2D eigenvalue weighted by atomic mass is 32.2. The molecule has 0 fully saturated rings. The largest absolute Gasteiger partial charge is 0.481 e. The molecule has 0 radical (unpaired) electrons. The van der Waals surface area contributed by atoms with Crippen molar-refractivity contribution in [3.63, 3.8) is 0 Å². The van der Waals surface area contributed by atoms with Crippen LogP contribution in [0.15, 0.2) is 4.99 Å². The monoisotopic (exact) mass is 548 g/mol. The quantitative estimate of drug-likeness (QED) is 0.0429. The number of hydrogen-bond donors (Lipinski definition) is 9. The maximum atomic E-state index is 12.9. The van der Waals surface area contributed by atoms with Gasteiger partial charge in [0, 0.05) is 13.0 Å². The van der Waals surface area contributed by atoms with Crippen molar-refractivity contribution in [2.75, 3.05) is 18.6 Å². The van der Waals surface area contributed by atoms with Crippen LogP contribution in [0.1, 0.15) is 38.5 Å². The zero-order valence-corrected chi connectivity index (χ0v) is 21.3. The summed E-state index contributed by atoms with van der Waals surface area (Å²) in [4.78, 5) is 75.5. The van der Waals surface area contributed by atoms with Crippen LogP contribution in [0.3, 0.4) is 0 Å². The van der Waals surface area contributed by atoms with Gasteiger partial charge in [-0.1, -0.05) is 0 Å². The number of aliphatic imine (C=N–C) groups is 1. The minimum absolute atomic E-state index is 0.102. The summed E-state index contributed by atoms with van der Waals surface area (Å²) in [5, 5.41) is 25.3. The molecule has 0 saturated carbocycles. The maximum Gasteiger partial charge on any atom is 0.326 e. The molecular formula is C20H36N8O8S. The van der Waals surface area contributed by atoms with Gasteiger partial charge in [-0.05, 0) is 37.7 Å². The third-order valence-electron chi connectivity index (χ3n) is 4.85. The molecule has 0 aromatic heterocycles. The first-order valence-electron chi connectivity index (χ1n) is 11.2. The molecule has 4 amide bonds. The Balaban J connectivity index is 5.40. The second-order valence-corrected chi connectivity index (χ2v) is 8.95. The number of amides is 4. The molecule has 210 valence electrons. The van der Waals surface area contributed by atoms with E-state index in [4.69, 9.17) is 22.9 Å². The Morgan fingerprint density at radius 1 is 0.838 bits per heavy atom. The fourth-order valence-electron chi connectivity index (χ4n) is 2.91. The van der Waals surface area contributed by atoms with E-state index < -0.39 is 66.2 Å². The van der Waals surface area contributed by atoms with Gasteiger partial charge in [0.1, 0.15) is 18.1 Å². The lowest BCUT2D eigenvalue weighted by molar-refractivity contribution is -0.143. The number of aliphatic carboxylic acids is 2. The van der Waals surface area contributed by atoms with E-state index in [1.165, 1.54) is 11.8 Å². The van der Waals surface area contributed by atoms with E-state index in [0.29, 0.717) is 12.2 Å². The van der Waals surface area contributed by atoms with Gasteiger partial charge < -0.3 is 49.1 Å². The third kappa shape index (κ3) is 15.2. The number of nitrogens with one attached hydrogen (secondary N) is 3. The number of nitrogens with two attached hydrogens (primary N) is 4. The van der Waals surface area contributed by atoms with Crippen LogP contribution in [0.5, 0.6) is 0 Å². The summed E-state index contributed by atoms with van der Waals surface area (Å²) in [7, 11) is 0. The Morgan fingerprint density at radius 3 is 1.92 bits per heavy atom. The van der Waals surface area contributed by atoms with Gasteiger partial charge >= 0.3 is 11.9 Å². The molecule has 17 heteroatoms. The molecule has 0 aromatic carbocycles. The van der Waals surface area contributed by atoms with Gasteiger partial charge in [-0.15, -0.1) is 0 Å². The number of guanidine groups is 1. The third-order valence-corrected chi connectivity index (χ3v) is 5.50. The Bertz CT molecular complexity index is 852. The van der Waals surface area contributed by atoms with Gasteiger partial charge in [-0.2, -0.15) is 11.8 Å². The predicted octanol–water partition coefficient (Wildman–Crippen LogP) is -3.60. The number of primary amides is 1. The van der Waals surface area contributed by atoms with Crippen LogP contribution in [0.4, 0.5) is 0 Å². The summed E-state index contributed by atoms with van der Waals surface area (Å²) in [5.41, 5.74) is 21.3. The van der Waals surface area contributed by atoms with Gasteiger partial charge in [-0.25, -0.2) is 4.79 Å². The summed E-state index contributed by atoms with van der Waals surface area (Å²) in [5.74, 6) is -6.00. The Labute approximate surface area is 217 Å². The molecule has 13 N–H and O–H groups in total. The highest BCUT2D eigenvalue weighted by molar-refractivity contribution is 7.98. The first-order valence-corrected chi connectivity index (χ1v) is 12.6. The molecule has 0 saturated heterocycles. The Morgan fingerprint density at radius 2 is 1.41 bits per heavy atom. The van der Waals surface area contributed by atoms with E-state index in [2.05, 4.69) is 20.9 Å². The van der Waals surface area contributed by atoms with Crippen molar-refractivity contribution >= 4 is 53.3 Å². The van der Waals surface area contributed by atoms with E-state index in [1.807, 2.05) is 0 Å². The van der Waals surface area contributed by atoms with E-state index in [9.17, 15) is 39.0 Å². The predicted molar refractivity (Wildman–Crippen MR) is 135 cm³/mol. The summed E-state index contributed by atoms with van der Waals surface area (Å²) >= 11 is 1.38. The molecule has 16 nitrogen and oxygen atoms in total. The van der Waals surface area contributed by atoms with Gasteiger partial charge in [-0.3, -0.25) is 29.0 Å². The second kappa shape index (κ2) is 17.8.